The molecule has 0 N–H and O–H groups in total. The van der Waals surface area contributed by atoms with E-state index in [1.165, 1.54) is 6.07 Å². The van der Waals surface area contributed by atoms with Crippen LogP contribution in [-0.4, -0.2) is 50.1 Å². The number of piperidine rings is 1. The van der Waals surface area contributed by atoms with Crippen LogP contribution in [0.25, 0.3) is 0 Å². The lowest BCUT2D eigenvalue weighted by Gasteiger charge is -2.38. The number of ether oxygens (including phenoxy) is 1. The molecule has 146 valence electrons. The molecular formula is C22H23FN2O3. The third kappa shape index (κ3) is 2.88. The van der Waals surface area contributed by atoms with Crippen LogP contribution in [-0.2, 0) is 14.9 Å². The first-order chi connectivity index (χ1) is 13.6. The van der Waals surface area contributed by atoms with Crippen LogP contribution in [0.3, 0.4) is 0 Å². The SMILES string of the molecule is COCCN1C(=O)C2(CCN(C(=O)c3ccccc3)CC2)c2c(F)cccc21. The first kappa shape index (κ1) is 18.6. The molecule has 2 aromatic carbocycles. The van der Waals surface area contributed by atoms with Gasteiger partial charge in [-0.2, -0.15) is 0 Å². The molecule has 5 nitrogen and oxygen atoms in total. The molecule has 2 aliphatic heterocycles. The van der Waals surface area contributed by atoms with Gasteiger partial charge in [0.1, 0.15) is 5.82 Å². The van der Waals surface area contributed by atoms with Crippen LogP contribution < -0.4 is 4.90 Å². The van der Waals surface area contributed by atoms with Gasteiger partial charge in [0.15, 0.2) is 0 Å². The van der Waals surface area contributed by atoms with Crippen molar-refractivity contribution in [1.29, 1.82) is 0 Å². The third-order valence-corrected chi connectivity index (χ3v) is 5.86. The third-order valence-electron chi connectivity index (χ3n) is 5.86. The first-order valence-corrected chi connectivity index (χ1v) is 9.53. The Bertz CT molecular complexity index is 892. The maximum absolute atomic E-state index is 14.8. The van der Waals surface area contributed by atoms with E-state index in [0.717, 1.165) is 0 Å². The monoisotopic (exact) mass is 382 g/mol. The molecule has 0 bridgehead atoms. The molecule has 0 atom stereocenters. The maximum atomic E-state index is 14.8. The van der Waals surface area contributed by atoms with Crippen LogP contribution in [0, 0.1) is 5.82 Å². The number of benzene rings is 2. The van der Waals surface area contributed by atoms with E-state index < -0.39 is 5.41 Å². The van der Waals surface area contributed by atoms with E-state index in [1.807, 2.05) is 18.2 Å². The van der Waals surface area contributed by atoms with E-state index >= 15 is 0 Å². The van der Waals surface area contributed by atoms with E-state index in [1.54, 1.807) is 41.2 Å². The highest BCUT2D eigenvalue weighted by Gasteiger charge is 2.53. The number of carbonyl (C=O) groups is 2. The van der Waals surface area contributed by atoms with Crippen molar-refractivity contribution in [1.82, 2.24) is 4.90 Å². The summed E-state index contributed by atoms with van der Waals surface area (Å²) < 4.78 is 19.9. The van der Waals surface area contributed by atoms with Crippen LogP contribution in [0.15, 0.2) is 48.5 Å². The predicted molar refractivity (Wildman–Crippen MR) is 104 cm³/mol. The Morgan fingerprint density at radius 3 is 2.50 bits per heavy atom. The highest BCUT2D eigenvalue weighted by atomic mass is 19.1. The molecule has 2 aromatic rings. The zero-order valence-corrected chi connectivity index (χ0v) is 15.9. The van der Waals surface area contributed by atoms with Gasteiger partial charge in [-0.1, -0.05) is 24.3 Å². The Labute approximate surface area is 163 Å². The number of rotatable bonds is 4. The Kier molecular flexibility index (Phi) is 4.89. The molecule has 4 rings (SSSR count). The zero-order valence-electron chi connectivity index (χ0n) is 15.9. The Morgan fingerprint density at radius 1 is 1.11 bits per heavy atom. The molecule has 6 heteroatoms. The summed E-state index contributed by atoms with van der Waals surface area (Å²) in [5, 5.41) is 0. The van der Waals surface area contributed by atoms with Gasteiger partial charge in [-0.05, 0) is 37.1 Å². The fourth-order valence-electron chi connectivity index (χ4n) is 4.41. The number of hydrogen-bond donors (Lipinski definition) is 0. The van der Waals surface area contributed by atoms with Gasteiger partial charge in [-0.25, -0.2) is 4.39 Å². The smallest absolute Gasteiger partial charge is 0.253 e. The van der Waals surface area contributed by atoms with Crippen molar-refractivity contribution in [3.05, 3.63) is 65.5 Å². The van der Waals surface area contributed by atoms with Gasteiger partial charge in [0.25, 0.3) is 5.91 Å². The summed E-state index contributed by atoms with van der Waals surface area (Å²) in [6.07, 6.45) is 0.837. The number of nitrogens with zero attached hydrogens (tertiary/aromatic N) is 2. The highest BCUT2D eigenvalue weighted by Crippen LogP contribution is 2.49. The molecule has 28 heavy (non-hydrogen) atoms. The van der Waals surface area contributed by atoms with Gasteiger partial charge in [0, 0.05) is 37.9 Å². The summed E-state index contributed by atoms with van der Waals surface area (Å²) in [5.41, 5.74) is 0.833. The molecule has 2 heterocycles. The molecule has 0 aromatic heterocycles. The molecule has 1 fully saturated rings. The number of hydrogen-bond acceptors (Lipinski definition) is 3. The number of amides is 2. The molecule has 2 amide bonds. The minimum absolute atomic E-state index is 0.0501. The zero-order chi connectivity index (χ0) is 19.7. The van der Waals surface area contributed by atoms with E-state index in [2.05, 4.69) is 0 Å². The molecule has 1 spiro atoms. The molecule has 0 unspecified atom stereocenters. The second-order valence-corrected chi connectivity index (χ2v) is 7.32. The summed E-state index contributed by atoms with van der Waals surface area (Å²) in [4.78, 5) is 29.5. The number of methoxy groups -OCH3 is 1. The van der Waals surface area contributed by atoms with Gasteiger partial charge in [0.2, 0.25) is 5.91 Å². The summed E-state index contributed by atoms with van der Waals surface area (Å²) in [6, 6.07) is 13.9. The normalized spacial score (nSPS) is 17.9. The van der Waals surface area contributed by atoms with Crippen molar-refractivity contribution in [3.8, 4) is 0 Å². The maximum Gasteiger partial charge on any atom is 0.253 e. The molecule has 2 aliphatic rings. The van der Waals surface area contributed by atoms with E-state index in [4.69, 9.17) is 4.74 Å². The van der Waals surface area contributed by atoms with Crippen LogP contribution >= 0.6 is 0 Å². The summed E-state index contributed by atoms with van der Waals surface area (Å²) >= 11 is 0. The Balaban J connectivity index is 1.61. The van der Waals surface area contributed by atoms with E-state index in [9.17, 15) is 14.0 Å². The summed E-state index contributed by atoms with van der Waals surface area (Å²) in [6.45, 7) is 1.62. The number of anilines is 1. The van der Waals surface area contributed by atoms with Gasteiger partial charge in [-0.15, -0.1) is 0 Å². The van der Waals surface area contributed by atoms with Crippen molar-refractivity contribution in [2.45, 2.75) is 18.3 Å². The van der Waals surface area contributed by atoms with Crippen LogP contribution in [0.5, 0.6) is 0 Å². The molecule has 0 saturated carbocycles. The van der Waals surface area contributed by atoms with E-state index in [-0.39, 0.29) is 17.6 Å². The van der Waals surface area contributed by atoms with Crippen LogP contribution in [0.2, 0.25) is 0 Å². The van der Waals surface area contributed by atoms with E-state index in [0.29, 0.717) is 55.9 Å². The first-order valence-electron chi connectivity index (χ1n) is 9.53. The topological polar surface area (TPSA) is 49.9 Å². The van der Waals surface area contributed by atoms with Gasteiger partial charge >= 0.3 is 0 Å². The van der Waals surface area contributed by atoms with Gasteiger partial charge in [-0.3, -0.25) is 9.59 Å². The quantitative estimate of drug-likeness (QED) is 0.817. The second kappa shape index (κ2) is 7.36. The fourth-order valence-corrected chi connectivity index (χ4v) is 4.41. The standard InChI is InChI=1S/C22H23FN2O3/c1-28-15-14-25-18-9-5-8-17(23)19(18)22(21(25)27)10-12-24(13-11-22)20(26)16-6-3-2-4-7-16/h2-9H,10-15H2,1H3. The van der Waals surface area contributed by atoms with Crippen molar-refractivity contribution >= 4 is 17.5 Å². The fraction of sp³-hybridized carbons (Fsp3) is 0.364. The minimum Gasteiger partial charge on any atom is -0.383 e. The highest BCUT2D eigenvalue weighted by molar-refractivity contribution is 6.08. The Morgan fingerprint density at radius 2 is 1.82 bits per heavy atom. The van der Waals surface area contributed by atoms with Crippen LogP contribution in [0.4, 0.5) is 10.1 Å². The number of likely N-dealkylation sites (tertiary alicyclic amines) is 1. The average Bonchev–Trinajstić information content (AvgIpc) is 2.96. The predicted octanol–water partition coefficient (Wildman–Crippen LogP) is 2.99. The largest absolute Gasteiger partial charge is 0.383 e. The van der Waals surface area contributed by atoms with Crippen molar-refractivity contribution in [3.63, 3.8) is 0 Å². The van der Waals surface area contributed by atoms with Crippen LogP contribution in [0.1, 0.15) is 28.8 Å². The lowest BCUT2D eigenvalue weighted by atomic mass is 9.73. The molecule has 0 aliphatic carbocycles. The molecule has 1 saturated heterocycles. The summed E-state index contributed by atoms with van der Waals surface area (Å²) in [5.74, 6) is -0.490. The minimum atomic E-state index is -0.901. The van der Waals surface area contributed by atoms with Crippen molar-refractivity contribution in [2.75, 3.05) is 38.3 Å². The number of halogens is 1. The van der Waals surface area contributed by atoms with Gasteiger partial charge in [0.05, 0.1) is 17.7 Å². The lowest BCUT2D eigenvalue weighted by Crippen LogP contribution is -2.50. The van der Waals surface area contributed by atoms with Crippen molar-refractivity contribution in [2.24, 2.45) is 0 Å². The molecular weight excluding hydrogens is 359 g/mol. The average molecular weight is 382 g/mol. The van der Waals surface area contributed by atoms with Crippen molar-refractivity contribution < 1.29 is 18.7 Å². The number of carbonyl (C=O) groups excluding carboxylic acids is 2. The Hall–Kier alpha value is -2.73. The number of fused-ring (bicyclic) bond motifs is 2. The lowest BCUT2D eigenvalue weighted by molar-refractivity contribution is -0.125. The second-order valence-electron chi connectivity index (χ2n) is 7.32. The van der Waals surface area contributed by atoms with Gasteiger partial charge < -0.3 is 14.5 Å². The summed E-state index contributed by atoms with van der Waals surface area (Å²) in [7, 11) is 1.58. The molecule has 0 radical (unpaired) electrons.